The maximum absolute atomic E-state index is 5.97. The lowest BCUT2D eigenvalue weighted by molar-refractivity contribution is 0.291. The van der Waals surface area contributed by atoms with E-state index in [2.05, 4.69) is 10.2 Å². The number of hydrogen-bond donors (Lipinski definition) is 1. The molecule has 0 saturated carbocycles. The SMILES string of the molecule is Cn1c(COc2cc(Cl)ccc2Cl)n[nH]c1=S. The van der Waals surface area contributed by atoms with Crippen molar-refractivity contribution in [2.45, 2.75) is 6.61 Å². The summed E-state index contributed by atoms with van der Waals surface area (Å²) in [5.74, 6) is 1.21. The molecule has 0 amide bonds. The Hall–Kier alpha value is -1.04. The van der Waals surface area contributed by atoms with Crippen LogP contribution >= 0.6 is 35.4 Å². The van der Waals surface area contributed by atoms with Gasteiger partial charge in [0.15, 0.2) is 10.6 Å². The Kier molecular flexibility index (Phi) is 3.71. The molecule has 90 valence electrons. The molecule has 0 unspecified atom stereocenters. The Morgan fingerprint density at radius 3 is 2.88 bits per heavy atom. The lowest BCUT2D eigenvalue weighted by Crippen LogP contribution is -2.03. The number of aromatic nitrogens is 3. The Labute approximate surface area is 113 Å². The van der Waals surface area contributed by atoms with Crippen molar-refractivity contribution in [1.82, 2.24) is 14.8 Å². The van der Waals surface area contributed by atoms with Crippen molar-refractivity contribution in [3.05, 3.63) is 38.8 Å². The van der Waals surface area contributed by atoms with Crippen LogP contribution in [0.3, 0.4) is 0 Å². The van der Waals surface area contributed by atoms with Gasteiger partial charge in [0.1, 0.15) is 12.4 Å². The van der Waals surface area contributed by atoms with Gasteiger partial charge in [-0.05, 0) is 24.4 Å². The maximum atomic E-state index is 5.97. The number of hydrogen-bond acceptors (Lipinski definition) is 3. The first kappa shape index (κ1) is 12.4. The van der Waals surface area contributed by atoms with E-state index >= 15 is 0 Å². The van der Waals surface area contributed by atoms with Crippen LogP contribution in [-0.2, 0) is 13.7 Å². The summed E-state index contributed by atoms with van der Waals surface area (Å²) < 4.78 is 7.80. The van der Waals surface area contributed by atoms with Crippen LogP contribution in [0.5, 0.6) is 5.75 Å². The molecule has 0 spiro atoms. The summed E-state index contributed by atoms with van der Waals surface area (Å²) in [6, 6.07) is 5.04. The van der Waals surface area contributed by atoms with Gasteiger partial charge in [0.2, 0.25) is 0 Å². The molecular weight excluding hydrogens is 281 g/mol. The van der Waals surface area contributed by atoms with Gasteiger partial charge in [-0.15, -0.1) is 0 Å². The van der Waals surface area contributed by atoms with E-state index in [0.29, 0.717) is 26.4 Å². The van der Waals surface area contributed by atoms with Crippen molar-refractivity contribution in [3.63, 3.8) is 0 Å². The van der Waals surface area contributed by atoms with Crippen LogP contribution in [0.15, 0.2) is 18.2 Å². The predicted octanol–water partition coefficient (Wildman–Crippen LogP) is 3.36. The Balaban J connectivity index is 2.15. The number of ether oxygens (including phenoxy) is 1. The topological polar surface area (TPSA) is 42.8 Å². The van der Waals surface area contributed by atoms with Gasteiger partial charge in [-0.2, -0.15) is 5.10 Å². The summed E-state index contributed by atoms with van der Waals surface area (Å²) in [5.41, 5.74) is 0. The Bertz CT molecular complexity index is 593. The largest absolute Gasteiger partial charge is 0.484 e. The number of halogens is 2. The molecule has 0 atom stereocenters. The van der Waals surface area contributed by atoms with Crippen LogP contribution in [0.1, 0.15) is 5.82 Å². The highest BCUT2D eigenvalue weighted by molar-refractivity contribution is 7.71. The van der Waals surface area contributed by atoms with Crippen molar-refractivity contribution >= 4 is 35.4 Å². The molecular formula is C10H9Cl2N3OS. The normalized spacial score (nSPS) is 10.5. The summed E-state index contributed by atoms with van der Waals surface area (Å²) in [6.45, 7) is 0.268. The molecule has 1 N–H and O–H groups in total. The van der Waals surface area contributed by atoms with E-state index < -0.39 is 0 Å². The van der Waals surface area contributed by atoms with E-state index in [-0.39, 0.29) is 6.61 Å². The molecule has 4 nitrogen and oxygen atoms in total. The number of rotatable bonds is 3. The molecule has 0 aliphatic heterocycles. The van der Waals surface area contributed by atoms with Gasteiger partial charge in [0.05, 0.1) is 5.02 Å². The molecule has 0 fully saturated rings. The summed E-state index contributed by atoms with van der Waals surface area (Å²) in [5, 5.41) is 7.78. The lowest BCUT2D eigenvalue weighted by Gasteiger charge is -2.07. The third-order valence-corrected chi connectivity index (χ3v) is 3.13. The van der Waals surface area contributed by atoms with Crippen LogP contribution in [0, 0.1) is 4.77 Å². The second-order valence-corrected chi connectivity index (χ2v) is 4.60. The first-order valence-electron chi connectivity index (χ1n) is 4.76. The van der Waals surface area contributed by atoms with Crippen molar-refractivity contribution in [2.75, 3.05) is 0 Å². The fourth-order valence-electron chi connectivity index (χ4n) is 1.24. The standard InChI is InChI=1S/C10H9Cl2N3OS/c1-15-9(13-14-10(15)17)5-16-8-4-6(11)2-3-7(8)12/h2-4H,5H2,1H3,(H,14,17). The van der Waals surface area contributed by atoms with E-state index in [1.54, 1.807) is 22.8 Å². The molecule has 0 saturated heterocycles. The van der Waals surface area contributed by atoms with Crippen molar-refractivity contribution in [2.24, 2.45) is 7.05 Å². The average Bonchev–Trinajstić information content (AvgIpc) is 2.62. The van der Waals surface area contributed by atoms with Gasteiger partial charge in [-0.1, -0.05) is 23.2 Å². The van der Waals surface area contributed by atoms with E-state index in [1.165, 1.54) is 0 Å². The zero-order chi connectivity index (χ0) is 12.4. The fourth-order valence-corrected chi connectivity index (χ4v) is 1.72. The van der Waals surface area contributed by atoms with Crippen LogP contribution in [0.4, 0.5) is 0 Å². The summed E-state index contributed by atoms with van der Waals surface area (Å²) in [7, 11) is 1.81. The minimum Gasteiger partial charge on any atom is -0.484 e. The van der Waals surface area contributed by atoms with Crippen molar-refractivity contribution in [3.8, 4) is 5.75 Å². The van der Waals surface area contributed by atoms with Crippen LogP contribution in [-0.4, -0.2) is 14.8 Å². The van der Waals surface area contributed by atoms with E-state index in [4.69, 9.17) is 40.2 Å². The molecule has 1 aromatic carbocycles. The highest BCUT2D eigenvalue weighted by atomic mass is 35.5. The molecule has 1 heterocycles. The molecule has 7 heteroatoms. The zero-order valence-corrected chi connectivity index (χ0v) is 11.2. The number of benzene rings is 1. The maximum Gasteiger partial charge on any atom is 0.194 e. The van der Waals surface area contributed by atoms with Gasteiger partial charge < -0.3 is 9.30 Å². The molecule has 17 heavy (non-hydrogen) atoms. The van der Waals surface area contributed by atoms with Gasteiger partial charge >= 0.3 is 0 Å². The Morgan fingerprint density at radius 1 is 1.47 bits per heavy atom. The third kappa shape index (κ3) is 2.80. The van der Waals surface area contributed by atoms with E-state index in [1.807, 2.05) is 7.05 Å². The highest BCUT2D eigenvalue weighted by Crippen LogP contribution is 2.28. The van der Waals surface area contributed by atoms with Gasteiger partial charge in [-0.25, -0.2) is 0 Å². The second kappa shape index (κ2) is 5.08. The van der Waals surface area contributed by atoms with Crippen LogP contribution in [0.2, 0.25) is 10.0 Å². The lowest BCUT2D eigenvalue weighted by atomic mass is 10.3. The van der Waals surface area contributed by atoms with Crippen molar-refractivity contribution < 1.29 is 4.74 Å². The summed E-state index contributed by atoms with van der Waals surface area (Å²) in [6.07, 6.45) is 0. The quantitative estimate of drug-likeness (QED) is 0.881. The predicted molar refractivity (Wildman–Crippen MR) is 69.2 cm³/mol. The molecule has 2 rings (SSSR count). The van der Waals surface area contributed by atoms with Crippen LogP contribution < -0.4 is 4.74 Å². The van der Waals surface area contributed by atoms with E-state index in [0.717, 1.165) is 0 Å². The molecule has 0 aliphatic carbocycles. The van der Waals surface area contributed by atoms with Gasteiger partial charge in [0, 0.05) is 18.1 Å². The van der Waals surface area contributed by atoms with E-state index in [9.17, 15) is 0 Å². The minimum atomic E-state index is 0.268. The summed E-state index contributed by atoms with van der Waals surface area (Å²) >= 11 is 16.8. The summed E-state index contributed by atoms with van der Waals surface area (Å²) in [4.78, 5) is 0. The first-order chi connectivity index (χ1) is 8.08. The number of aromatic amines is 1. The first-order valence-corrected chi connectivity index (χ1v) is 5.92. The minimum absolute atomic E-state index is 0.268. The number of nitrogens with one attached hydrogen (secondary N) is 1. The molecule has 0 aliphatic rings. The number of H-pyrrole nitrogens is 1. The zero-order valence-electron chi connectivity index (χ0n) is 8.91. The highest BCUT2D eigenvalue weighted by Gasteiger charge is 2.06. The van der Waals surface area contributed by atoms with Gasteiger partial charge in [0.25, 0.3) is 0 Å². The molecule has 0 bridgehead atoms. The van der Waals surface area contributed by atoms with Crippen molar-refractivity contribution in [1.29, 1.82) is 0 Å². The Morgan fingerprint density at radius 2 is 2.24 bits per heavy atom. The molecule has 0 radical (unpaired) electrons. The van der Waals surface area contributed by atoms with Gasteiger partial charge in [-0.3, -0.25) is 5.10 Å². The third-order valence-electron chi connectivity index (χ3n) is 2.22. The fraction of sp³-hybridized carbons (Fsp3) is 0.200. The average molecular weight is 290 g/mol. The molecule has 2 aromatic rings. The smallest absolute Gasteiger partial charge is 0.194 e. The number of nitrogens with zero attached hydrogens (tertiary/aromatic N) is 2. The monoisotopic (exact) mass is 289 g/mol. The second-order valence-electron chi connectivity index (χ2n) is 3.37. The molecule has 1 aromatic heterocycles. The van der Waals surface area contributed by atoms with Crippen LogP contribution in [0.25, 0.3) is 0 Å².